The topological polar surface area (TPSA) is 106 Å². The minimum atomic E-state index is -0.565. The Labute approximate surface area is 179 Å². The highest BCUT2D eigenvalue weighted by Gasteiger charge is 2.26. The largest absolute Gasteiger partial charge is 0.312 e. The summed E-state index contributed by atoms with van der Waals surface area (Å²) in [5, 5.41) is 14.5. The van der Waals surface area contributed by atoms with Crippen LogP contribution in [0.1, 0.15) is 24.2 Å². The van der Waals surface area contributed by atoms with Gasteiger partial charge in [-0.05, 0) is 19.9 Å². The molecular formula is C20H16ClFN8O. The van der Waals surface area contributed by atoms with Gasteiger partial charge in [0.2, 0.25) is 6.41 Å². The van der Waals surface area contributed by atoms with Crippen LogP contribution in [0.2, 0.25) is 5.02 Å². The number of nitrogens with one attached hydrogen (secondary N) is 2. The molecule has 0 radical (unpaired) electrons. The average Bonchev–Trinajstić information content (AvgIpc) is 3.48. The van der Waals surface area contributed by atoms with Crippen molar-refractivity contribution in [3.8, 4) is 11.3 Å². The SMILES string of the molecule is Cc1ccn(C(C)c2c(F)c(Cl)c(-c3cn4cc(NC=O)nc4cn3)c3cn[nH]c23)n1. The maximum Gasteiger partial charge on any atom is 0.212 e. The Morgan fingerprint density at radius 1 is 1.32 bits per heavy atom. The molecule has 156 valence electrons. The second-order valence-corrected chi connectivity index (χ2v) is 7.49. The van der Waals surface area contributed by atoms with Crippen molar-refractivity contribution < 1.29 is 9.18 Å². The van der Waals surface area contributed by atoms with Crippen LogP contribution in [0.5, 0.6) is 0 Å². The zero-order valence-corrected chi connectivity index (χ0v) is 17.2. The summed E-state index contributed by atoms with van der Waals surface area (Å²) in [5.41, 5.74) is 3.09. The maximum absolute atomic E-state index is 15.6. The van der Waals surface area contributed by atoms with Crippen LogP contribution in [0, 0.1) is 12.7 Å². The standard InChI is InChI=1S/C20H16ClFN8O/c1-10-3-4-30(28-10)11(2)16-19(22)18(21)17(12-5-25-27-20(12)16)13-7-29-8-14(24-9-31)26-15(29)6-23-13/h3-9,11H,1-2H3,(H,24,31)(H,25,27). The average molecular weight is 439 g/mol. The van der Waals surface area contributed by atoms with E-state index in [9.17, 15) is 4.79 Å². The van der Waals surface area contributed by atoms with Crippen LogP contribution in [0.3, 0.4) is 0 Å². The number of rotatable bonds is 5. The summed E-state index contributed by atoms with van der Waals surface area (Å²) in [6, 6.07) is 1.44. The number of halogens is 2. The van der Waals surface area contributed by atoms with Crippen molar-refractivity contribution in [2.75, 3.05) is 5.32 Å². The maximum atomic E-state index is 15.6. The summed E-state index contributed by atoms with van der Waals surface area (Å²) < 4.78 is 19.0. The number of fused-ring (bicyclic) bond motifs is 2. The van der Waals surface area contributed by atoms with Crippen molar-refractivity contribution >= 4 is 40.4 Å². The molecule has 1 aromatic carbocycles. The van der Waals surface area contributed by atoms with Gasteiger partial charge in [0.15, 0.2) is 11.5 Å². The first-order chi connectivity index (χ1) is 15.0. The second-order valence-electron chi connectivity index (χ2n) is 7.11. The molecule has 0 aliphatic rings. The highest BCUT2D eigenvalue weighted by Crippen LogP contribution is 2.41. The lowest BCUT2D eigenvalue weighted by atomic mass is 9.98. The van der Waals surface area contributed by atoms with E-state index in [-0.39, 0.29) is 5.02 Å². The molecule has 0 bridgehead atoms. The molecule has 5 aromatic rings. The van der Waals surface area contributed by atoms with Gasteiger partial charge in [0.05, 0.1) is 46.6 Å². The van der Waals surface area contributed by atoms with Crippen molar-refractivity contribution in [2.45, 2.75) is 19.9 Å². The first-order valence-corrected chi connectivity index (χ1v) is 9.76. The number of hydrogen-bond acceptors (Lipinski definition) is 5. The first kappa shape index (κ1) is 19.2. The molecule has 2 N–H and O–H groups in total. The van der Waals surface area contributed by atoms with E-state index in [0.717, 1.165) is 5.69 Å². The van der Waals surface area contributed by atoms with Crippen molar-refractivity contribution in [3.63, 3.8) is 0 Å². The summed E-state index contributed by atoms with van der Waals surface area (Å²) in [6.45, 7) is 3.72. The number of nitrogens with zero attached hydrogens (tertiary/aromatic N) is 6. The Morgan fingerprint density at radius 2 is 2.16 bits per heavy atom. The molecule has 0 spiro atoms. The Hall–Kier alpha value is -3.79. The highest BCUT2D eigenvalue weighted by molar-refractivity contribution is 6.35. The lowest BCUT2D eigenvalue weighted by Crippen LogP contribution is -2.11. The van der Waals surface area contributed by atoms with Gasteiger partial charge < -0.3 is 9.72 Å². The molecule has 4 heterocycles. The summed E-state index contributed by atoms with van der Waals surface area (Å²) in [6.07, 6.45) is 8.75. The van der Waals surface area contributed by atoms with E-state index >= 15 is 4.39 Å². The third kappa shape index (κ3) is 3.03. The third-order valence-electron chi connectivity index (χ3n) is 5.19. The molecule has 1 unspecified atom stereocenters. The van der Waals surface area contributed by atoms with Crippen LogP contribution in [0.4, 0.5) is 10.2 Å². The number of aromatic nitrogens is 7. The van der Waals surface area contributed by atoms with E-state index in [1.807, 2.05) is 19.9 Å². The van der Waals surface area contributed by atoms with Crippen LogP contribution in [0.15, 0.2) is 37.1 Å². The number of amides is 1. The summed E-state index contributed by atoms with van der Waals surface area (Å²) in [4.78, 5) is 19.3. The van der Waals surface area contributed by atoms with Gasteiger partial charge in [-0.1, -0.05) is 11.6 Å². The number of hydrogen-bond donors (Lipinski definition) is 2. The molecule has 4 aromatic heterocycles. The number of H-pyrrole nitrogens is 1. The monoisotopic (exact) mass is 438 g/mol. The molecule has 0 aliphatic heterocycles. The molecule has 1 amide bonds. The predicted octanol–water partition coefficient (Wildman–Crippen LogP) is 3.75. The van der Waals surface area contributed by atoms with Crippen molar-refractivity contribution in [3.05, 3.63) is 59.1 Å². The Morgan fingerprint density at radius 3 is 2.90 bits per heavy atom. The van der Waals surface area contributed by atoms with Gasteiger partial charge >= 0.3 is 0 Å². The fraction of sp³-hybridized carbons (Fsp3) is 0.150. The normalized spacial score (nSPS) is 12.5. The van der Waals surface area contributed by atoms with E-state index in [4.69, 9.17) is 11.6 Å². The first-order valence-electron chi connectivity index (χ1n) is 9.39. The molecule has 5 rings (SSSR count). The van der Waals surface area contributed by atoms with Crippen LogP contribution in [0.25, 0.3) is 27.8 Å². The van der Waals surface area contributed by atoms with Crippen molar-refractivity contribution in [1.82, 2.24) is 34.3 Å². The van der Waals surface area contributed by atoms with Gasteiger partial charge in [0.25, 0.3) is 0 Å². The molecule has 0 saturated carbocycles. The van der Waals surface area contributed by atoms with E-state index in [1.54, 1.807) is 33.9 Å². The van der Waals surface area contributed by atoms with Crippen molar-refractivity contribution in [1.29, 1.82) is 0 Å². The van der Waals surface area contributed by atoms with E-state index in [2.05, 4.69) is 30.6 Å². The van der Waals surface area contributed by atoms with Crippen LogP contribution in [-0.2, 0) is 4.79 Å². The smallest absolute Gasteiger partial charge is 0.212 e. The third-order valence-corrected chi connectivity index (χ3v) is 5.54. The molecule has 0 aliphatic carbocycles. The fourth-order valence-electron chi connectivity index (χ4n) is 3.72. The van der Waals surface area contributed by atoms with Gasteiger partial charge in [0.1, 0.15) is 5.82 Å². The Bertz CT molecular complexity index is 1450. The molecular weight excluding hydrogens is 423 g/mol. The predicted molar refractivity (Wildman–Crippen MR) is 114 cm³/mol. The molecule has 31 heavy (non-hydrogen) atoms. The van der Waals surface area contributed by atoms with Gasteiger partial charge in [-0.2, -0.15) is 10.2 Å². The van der Waals surface area contributed by atoms with E-state index < -0.39 is 11.9 Å². The Kier molecular flexibility index (Phi) is 4.44. The molecule has 9 nitrogen and oxygen atoms in total. The van der Waals surface area contributed by atoms with Crippen LogP contribution in [-0.4, -0.2) is 40.8 Å². The molecule has 11 heteroatoms. The summed E-state index contributed by atoms with van der Waals surface area (Å²) >= 11 is 6.54. The van der Waals surface area contributed by atoms with E-state index in [0.29, 0.717) is 45.6 Å². The zero-order valence-electron chi connectivity index (χ0n) is 16.5. The lowest BCUT2D eigenvalue weighted by Gasteiger charge is -2.18. The number of benzene rings is 1. The number of imidazole rings is 1. The van der Waals surface area contributed by atoms with Crippen LogP contribution >= 0.6 is 11.6 Å². The number of aromatic amines is 1. The molecule has 1 atom stereocenters. The number of aryl methyl sites for hydroxylation is 1. The van der Waals surface area contributed by atoms with Crippen molar-refractivity contribution in [2.24, 2.45) is 0 Å². The highest BCUT2D eigenvalue weighted by atomic mass is 35.5. The van der Waals surface area contributed by atoms with Crippen LogP contribution < -0.4 is 5.32 Å². The zero-order chi connectivity index (χ0) is 21.7. The van der Waals surface area contributed by atoms with Gasteiger partial charge in [-0.25, -0.2) is 9.37 Å². The number of carbonyl (C=O) groups is 1. The van der Waals surface area contributed by atoms with Gasteiger partial charge in [-0.3, -0.25) is 19.6 Å². The molecule has 0 saturated heterocycles. The Balaban J connectivity index is 1.70. The van der Waals surface area contributed by atoms with Gasteiger partial charge in [0, 0.05) is 28.9 Å². The number of carbonyl (C=O) groups excluding carboxylic acids is 1. The summed E-state index contributed by atoms with van der Waals surface area (Å²) in [7, 11) is 0. The van der Waals surface area contributed by atoms with E-state index in [1.165, 1.54) is 6.20 Å². The lowest BCUT2D eigenvalue weighted by molar-refractivity contribution is -0.105. The number of anilines is 1. The quantitative estimate of drug-likeness (QED) is 0.406. The second kappa shape index (κ2) is 7.17. The fourth-order valence-corrected chi connectivity index (χ4v) is 4.02. The van der Waals surface area contributed by atoms with Gasteiger partial charge in [-0.15, -0.1) is 0 Å². The minimum absolute atomic E-state index is 0.0576. The minimum Gasteiger partial charge on any atom is -0.312 e. The summed E-state index contributed by atoms with van der Waals surface area (Å²) in [5.74, 6) is -0.191. The molecule has 0 fully saturated rings.